The van der Waals surface area contributed by atoms with Crippen molar-refractivity contribution in [3.8, 4) is 5.75 Å². The number of amides is 1. The Balaban J connectivity index is 1.92. The van der Waals surface area contributed by atoms with Crippen LogP contribution in [-0.4, -0.2) is 21.4 Å². The first kappa shape index (κ1) is 21.7. The van der Waals surface area contributed by atoms with E-state index in [4.69, 9.17) is 16.3 Å². The first-order valence-corrected chi connectivity index (χ1v) is 10.9. The maximum atomic E-state index is 12.9. The van der Waals surface area contributed by atoms with Gasteiger partial charge in [0.1, 0.15) is 5.75 Å². The third-order valence-electron chi connectivity index (χ3n) is 4.54. The van der Waals surface area contributed by atoms with Crippen molar-refractivity contribution in [1.82, 2.24) is 0 Å². The first-order chi connectivity index (χ1) is 14.2. The smallest absolute Gasteiger partial charge is 0.261 e. The number of benzene rings is 3. The average molecular weight is 445 g/mol. The molecule has 1 amide bonds. The number of anilines is 2. The zero-order chi connectivity index (χ0) is 21.9. The highest BCUT2D eigenvalue weighted by atomic mass is 35.5. The molecule has 8 heteroatoms. The van der Waals surface area contributed by atoms with Crippen LogP contribution in [0.2, 0.25) is 5.02 Å². The summed E-state index contributed by atoms with van der Waals surface area (Å²) in [6.07, 6.45) is 0. The van der Waals surface area contributed by atoms with Gasteiger partial charge >= 0.3 is 0 Å². The second-order valence-electron chi connectivity index (χ2n) is 6.70. The molecule has 0 aliphatic heterocycles. The number of sulfonamides is 1. The van der Waals surface area contributed by atoms with E-state index in [2.05, 4.69) is 10.0 Å². The monoisotopic (exact) mass is 444 g/mol. The van der Waals surface area contributed by atoms with E-state index in [-0.39, 0.29) is 16.5 Å². The zero-order valence-electron chi connectivity index (χ0n) is 16.7. The van der Waals surface area contributed by atoms with E-state index in [9.17, 15) is 13.2 Å². The van der Waals surface area contributed by atoms with Crippen LogP contribution in [0.3, 0.4) is 0 Å². The summed E-state index contributed by atoms with van der Waals surface area (Å²) in [5, 5.41) is 3.19. The summed E-state index contributed by atoms with van der Waals surface area (Å²) in [4.78, 5) is 12.7. The van der Waals surface area contributed by atoms with Crippen molar-refractivity contribution in [3.05, 3.63) is 82.4 Å². The molecular formula is C22H21ClN2O4S. The van der Waals surface area contributed by atoms with Gasteiger partial charge in [0.25, 0.3) is 15.9 Å². The summed E-state index contributed by atoms with van der Waals surface area (Å²) in [6, 6.07) is 16.3. The number of rotatable bonds is 6. The Labute approximate surface area is 180 Å². The third-order valence-corrected chi connectivity index (χ3v) is 6.33. The van der Waals surface area contributed by atoms with Gasteiger partial charge in [-0.3, -0.25) is 9.52 Å². The van der Waals surface area contributed by atoms with Crippen molar-refractivity contribution in [2.75, 3.05) is 17.1 Å². The van der Waals surface area contributed by atoms with Crippen LogP contribution >= 0.6 is 11.6 Å². The summed E-state index contributed by atoms with van der Waals surface area (Å²) < 4.78 is 33.5. The molecule has 0 aliphatic rings. The van der Waals surface area contributed by atoms with Crippen molar-refractivity contribution < 1.29 is 17.9 Å². The van der Waals surface area contributed by atoms with Crippen LogP contribution < -0.4 is 14.8 Å². The highest BCUT2D eigenvalue weighted by Crippen LogP contribution is 2.30. The Morgan fingerprint density at radius 3 is 2.37 bits per heavy atom. The Hall–Kier alpha value is -3.03. The quantitative estimate of drug-likeness (QED) is 0.559. The number of hydrogen-bond acceptors (Lipinski definition) is 4. The van der Waals surface area contributed by atoms with Gasteiger partial charge in [0.05, 0.1) is 23.4 Å². The van der Waals surface area contributed by atoms with Crippen molar-refractivity contribution in [3.63, 3.8) is 0 Å². The van der Waals surface area contributed by atoms with Gasteiger partial charge in [0, 0.05) is 10.6 Å². The lowest BCUT2D eigenvalue weighted by atomic mass is 10.1. The fraction of sp³-hybridized carbons (Fsp3) is 0.136. The van der Waals surface area contributed by atoms with Gasteiger partial charge in [-0.15, -0.1) is 0 Å². The molecule has 0 heterocycles. The fourth-order valence-electron chi connectivity index (χ4n) is 2.84. The summed E-state index contributed by atoms with van der Waals surface area (Å²) in [6.45, 7) is 3.65. The lowest BCUT2D eigenvalue weighted by Crippen LogP contribution is -2.16. The molecule has 6 nitrogen and oxygen atoms in total. The van der Waals surface area contributed by atoms with Gasteiger partial charge in [-0.2, -0.15) is 0 Å². The number of ether oxygens (including phenoxy) is 1. The number of hydrogen-bond donors (Lipinski definition) is 2. The molecule has 0 aromatic heterocycles. The van der Waals surface area contributed by atoms with Crippen LogP contribution in [-0.2, 0) is 10.0 Å². The van der Waals surface area contributed by atoms with Gasteiger partial charge in [-0.25, -0.2) is 8.42 Å². The molecule has 0 aliphatic carbocycles. The molecule has 0 unspecified atom stereocenters. The van der Waals surface area contributed by atoms with E-state index in [1.54, 1.807) is 30.3 Å². The average Bonchev–Trinajstić information content (AvgIpc) is 2.70. The van der Waals surface area contributed by atoms with E-state index in [1.165, 1.54) is 25.3 Å². The minimum atomic E-state index is -3.91. The van der Waals surface area contributed by atoms with E-state index in [0.717, 1.165) is 11.1 Å². The predicted molar refractivity (Wildman–Crippen MR) is 119 cm³/mol. The summed E-state index contributed by atoms with van der Waals surface area (Å²) >= 11 is 6.08. The topological polar surface area (TPSA) is 84.5 Å². The van der Waals surface area contributed by atoms with Crippen LogP contribution in [0.1, 0.15) is 21.5 Å². The molecule has 0 saturated heterocycles. The highest BCUT2D eigenvalue weighted by molar-refractivity contribution is 7.92. The minimum absolute atomic E-state index is 0.0277. The largest absolute Gasteiger partial charge is 0.495 e. The molecule has 0 saturated carbocycles. The van der Waals surface area contributed by atoms with Gasteiger partial charge in [-0.1, -0.05) is 35.9 Å². The van der Waals surface area contributed by atoms with Crippen molar-refractivity contribution in [2.45, 2.75) is 18.7 Å². The lowest BCUT2D eigenvalue weighted by molar-refractivity contribution is 0.102. The predicted octanol–water partition coefficient (Wildman–Crippen LogP) is 5.02. The van der Waals surface area contributed by atoms with Crippen LogP contribution in [0, 0.1) is 13.8 Å². The summed E-state index contributed by atoms with van der Waals surface area (Å²) in [7, 11) is -2.47. The molecule has 0 spiro atoms. The summed E-state index contributed by atoms with van der Waals surface area (Å²) in [5.74, 6) is -0.0199. The minimum Gasteiger partial charge on any atom is -0.495 e. The number of methoxy groups -OCH3 is 1. The fourth-order valence-corrected chi connectivity index (χ4v) is 4.10. The van der Waals surface area contributed by atoms with E-state index in [1.807, 2.05) is 26.0 Å². The van der Waals surface area contributed by atoms with Crippen LogP contribution in [0.25, 0.3) is 0 Å². The second kappa shape index (κ2) is 8.77. The van der Waals surface area contributed by atoms with Gasteiger partial charge in [0.2, 0.25) is 0 Å². The van der Waals surface area contributed by atoms with Crippen LogP contribution in [0.5, 0.6) is 5.75 Å². The molecule has 0 radical (unpaired) electrons. The van der Waals surface area contributed by atoms with Crippen LogP contribution in [0.4, 0.5) is 11.4 Å². The number of nitrogens with one attached hydrogen (secondary N) is 2. The molecule has 2 N–H and O–H groups in total. The molecule has 0 fully saturated rings. The molecule has 3 aromatic carbocycles. The number of aryl methyl sites for hydroxylation is 2. The van der Waals surface area contributed by atoms with Gasteiger partial charge in [-0.05, 0) is 61.4 Å². The van der Waals surface area contributed by atoms with Crippen LogP contribution in [0.15, 0.2) is 65.6 Å². The third kappa shape index (κ3) is 4.75. The molecule has 30 heavy (non-hydrogen) atoms. The summed E-state index contributed by atoms with van der Waals surface area (Å²) in [5.41, 5.74) is 2.71. The molecule has 3 rings (SSSR count). The molecule has 3 aromatic rings. The van der Waals surface area contributed by atoms with E-state index in [0.29, 0.717) is 22.0 Å². The molecule has 0 bridgehead atoms. The SMILES string of the molecule is COc1ccc(S(=O)(=O)Nc2ccc(C)c(Cl)c2)cc1NC(=O)c1ccccc1C. The molecule has 156 valence electrons. The Morgan fingerprint density at radius 2 is 1.70 bits per heavy atom. The van der Waals surface area contributed by atoms with Gasteiger partial charge in [0.15, 0.2) is 0 Å². The Kier molecular flexibility index (Phi) is 6.34. The van der Waals surface area contributed by atoms with Crippen molar-refractivity contribution >= 4 is 38.9 Å². The second-order valence-corrected chi connectivity index (χ2v) is 8.79. The zero-order valence-corrected chi connectivity index (χ0v) is 18.3. The maximum Gasteiger partial charge on any atom is 0.261 e. The number of carbonyl (C=O) groups excluding carboxylic acids is 1. The van der Waals surface area contributed by atoms with Crippen molar-refractivity contribution in [2.24, 2.45) is 0 Å². The first-order valence-electron chi connectivity index (χ1n) is 9.05. The van der Waals surface area contributed by atoms with E-state index >= 15 is 0 Å². The highest BCUT2D eigenvalue weighted by Gasteiger charge is 2.19. The Bertz CT molecular complexity index is 1210. The molecule has 0 atom stereocenters. The maximum absolute atomic E-state index is 12.9. The number of carbonyl (C=O) groups is 1. The normalized spacial score (nSPS) is 11.1. The Morgan fingerprint density at radius 1 is 0.967 bits per heavy atom. The van der Waals surface area contributed by atoms with E-state index < -0.39 is 10.0 Å². The van der Waals surface area contributed by atoms with Gasteiger partial charge < -0.3 is 10.1 Å². The molecular weight excluding hydrogens is 424 g/mol. The lowest BCUT2D eigenvalue weighted by Gasteiger charge is -2.14. The standard InChI is InChI=1S/C22H21ClN2O4S/c1-14-6-4-5-7-18(14)22(26)24-20-13-17(10-11-21(20)29-3)30(27,28)25-16-9-8-15(2)19(23)12-16/h4-13,25H,1-3H3,(H,24,26). The van der Waals surface area contributed by atoms with Crippen molar-refractivity contribution in [1.29, 1.82) is 0 Å². The number of halogens is 1.